The number of carbonyl (C=O) groups excluding carboxylic acids is 1. The van der Waals surface area contributed by atoms with Gasteiger partial charge in [-0.3, -0.25) is 4.79 Å². The number of benzene rings is 1. The lowest BCUT2D eigenvalue weighted by molar-refractivity contribution is 0.0938. The van der Waals surface area contributed by atoms with Gasteiger partial charge in [-0.1, -0.05) is 24.3 Å². The number of rotatable bonds is 3. The molecule has 3 heteroatoms. The maximum absolute atomic E-state index is 12.4. The molecule has 1 aromatic heterocycles. The second-order valence-corrected chi connectivity index (χ2v) is 5.27. The summed E-state index contributed by atoms with van der Waals surface area (Å²) < 4.78 is 5.52. The molecule has 106 valence electrons. The highest BCUT2D eigenvalue weighted by atomic mass is 16.3. The molecular formula is C17H21NO2. The molecule has 3 nitrogen and oxygen atoms in total. The van der Waals surface area contributed by atoms with Crippen LogP contribution in [0, 0.1) is 27.7 Å². The van der Waals surface area contributed by atoms with Crippen LogP contribution in [0.15, 0.2) is 28.7 Å². The van der Waals surface area contributed by atoms with E-state index < -0.39 is 0 Å². The Kier molecular flexibility index (Phi) is 3.98. The van der Waals surface area contributed by atoms with E-state index in [2.05, 4.69) is 18.3 Å². The van der Waals surface area contributed by atoms with Crippen molar-refractivity contribution < 1.29 is 9.21 Å². The Balaban J connectivity index is 2.22. The van der Waals surface area contributed by atoms with E-state index in [9.17, 15) is 4.79 Å². The van der Waals surface area contributed by atoms with Gasteiger partial charge < -0.3 is 9.73 Å². The molecule has 0 aliphatic carbocycles. The molecule has 0 saturated heterocycles. The Morgan fingerprint density at radius 1 is 1.10 bits per heavy atom. The first-order chi connectivity index (χ1) is 9.41. The smallest absolute Gasteiger partial charge is 0.255 e. The van der Waals surface area contributed by atoms with Crippen LogP contribution in [0.3, 0.4) is 0 Å². The summed E-state index contributed by atoms with van der Waals surface area (Å²) in [6, 6.07) is 8.06. The van der Waals surface area contributed by atoms with Crippen LogP contribution in [0.2, 0.25) is 0 Å². The summed E-state index contributed by atoms with van der Waals surface area (Å²) >= 11 is 0. The molecule has 0 bridgehead atoms. The maximum Gasteiger partial charge on any atom is 0.255 e. The average molecular weight is 271 g/mol. The van der Waals surface area contributed by atoms with Gasteiger partial charge in [-0.05, 0) is 45.7 Å². The number of aryl methyl sites for hydroxylation is 3. The summed E-state index contributed by atoms with van der Waals surface area (Å²) in [6.45, 7) is 9.67. The van der Waals surface area contributed by atoms with Gasteiger partial charge >= 0.3 is 0 Å². The van der Waals surface area contributed by atoms with Crippen LogP contribution in [-0.4, -0.2) is 5.91 Å². The standard InChI is InChI=1S/C17H21NO2/c1-10-8-6-7-9-15(10)12(3)18-17(19)16-11(2)13(4)20-14(16)5/h6-9,12H,1-5H3,(H,18,19). The molecule has 2 rings (SSSR count). The highest BCUT2D eigenvalue weighted by Crippen LogP contribution is 2.22. The number of hydrogen-bond donors (Lipinski definition) is 1. The molecule has 1 amide bonds. The number of hydrogen-bond acceptors (Lipinski definition) is 2. The zero-order valence-electron chi connectivity index (χ0n) is 12.7. The summed E-state index contributed by atoms with van der Waals surface area (Å²) in [6.07, 6.45) is 0. The third-order valence-electron chi connectivity index (χ3n) is 3.79. The Hall–Kier alpha value is -2.03. The van der Waals surface area contributed by atoms with Gasteiger partial charge in [0.25, 0.3) is 5.91 Å². The first-order valence-electron chi connectivity index (χ1n) is 6.84. The van der Waals surface area contributed by atoms with E-state index in [4.69, 9.17) is 4.42 Å². The van der Waals surface area contributed by atoms with Crippen molar-refractivity contribution in [3.05, 3.63) is 58.0 Å². The van der Waals surface area contributed by atoms with Crippen LogP contribution >= 0.6 is 0 Å². The molecule has 0 aliphatic rings. The number of amides is 1. The van der Waals surface area contributed by atoms with E-state index >= 15 is 0 Å². The van der Waals surface area contributed by atoms with Crippen LogP contribution in [0.5, 0.6) is 0 Å². The number of carbonyl (C=O) groups is 1. The summed E-state index contributed by atoms with van der Waals surface area (Å²) in [5.41, 5.74) is 3.88. The van der Waals surface area contributed by atoms with E-state index in [0.717, 1.165) is 16.9 Å². The van der Waals surface area contributed by atoms with Crippen molar-refractivity contribution in [1.82, 2.24) is 5.32 Å². The molecule has 20 heavy (non-hydrogen) atoms. The molecule has 1 aromatic carbocycles. The van der Waals surface area contributed by atoms with Gasteiger partial charge in [0.15, 0.2) is 0 Å². The first kappa shape index (κ1) is 14.4. The first-order valence-corrected chi connectivity index (χ1v) is 6.84. The quantitative estimate of drug-likeness (QED) is 0.916. The largest absolute Gasteiger partial charge is 0.466 e. The molecule has 0 aliphatic heterocycles. The van der Waals surface area contributed by atoms with E-state index in [-0.39, 0.29) is 11.9 Å². The zero-order chi connectivity index (χ0) is 14.9. The molecule has 0 saturated carbocycles. The fourth-order valence-corrected chi connectivity index (χ4v) is 2.55. The van der Waals surface area contributed by atoms with Gasteiger partial charge in [-0.2, -0.15) is 0 Å². The normalized spacial score (nSPS) is 12.2. The minimum Gasteiger partial charge on any atom is -0.466 e. The molecular weight excluding hydrogens is 250 g/mol. The SMILES string of the molecule is Cc1ccccc1C(C)NC(=O)c1c(C)oc(C)c1C. The molecule has 1 unspecified atom stereocenters. The second kappa shape index (κ2) is 5.53. The predicted molar refractivity (Wildman–Crippen MR) is 80.0 cm³/mol. The van der Waals surface area contributed by atoms with E-state index in [1.165, 1.54) is 5.56 Å². The Morgan fingerprint density at radius 2 is 1.75 bits per heavy atom. The average Bonchev–Trinajstić information content (AvgIpc) is 2.63. The van der Waals surface area contributed by atoms with Gasteiger partial charge in [-0.15, -0.1) is 0 Å². The summed E-state index contributed by atoms with van der Waals surface area (Å²) in [5.74, 6) is 1.40. The van der Waals surface area contributed by atoms with Crippen molar-refractivity contribution in [2.45, 2.75) is 40.7 Å². The third kappa shape index (κ3) is 2.62. The fourth-order valence-electron chi connectivity index (χ4n) is 2.55. The monoisotopic (exact) mass is 271 g/mol. The minimum absolute atomic E-state index is 0.0299. The van der Waals surface area contributed by atoms with Crippen molar-refractivity contribution in [1.29, 1.82) is 0 Å². The summed E-state index contributed by atoms with van der Waals surface area (Å²) in [4.78, 5) is 12.4. The third-order valence-corrected chi connectivity index (χ3v) is 3.79. The van der Waals surface area contributed by atoms with E-state index in [1.54, 1.807) is 0 Å². The minimum atomic E-state index is -0.0763. The lowest BCUT2D eigenvalue weighted by atomic mass is 10.0. The number of nitrogens with one attached hydrogen (secondary N) is 1. The molecule has 1 N–H and O–H groups in total. The van der Waals surface area contributed by atoms with Gasteiger partial charge in [0.2, 0.25) is 0 Å². The lowest BCUT2D eigenvalue weighted by Crippen LogP contribution is -2.27. The van der Waals surface area contributed by atoms with Crippen LogP contribution in [0.25, 0.3) is 0 Å². The summed E-state index contributed by atoms with van der Waals surface area (Å²) in [5, 5.41) is 3.05. The zero-order valence-corrected chi connectivity index (χ0v) is 12.7. The molecule has 0 fully saturated rings. The Bertz CT molecular complexity index is 640. The molecule has 2 aromatic rings. The molecule has 0 spiro atoms. The Labute approximate surface area is 120 Å². The Morgan fingerprint density at radius 3 is 2.30 bits per heavy atom. The van der Waals surface area contributed by atoms with Gasteiger partial charge in [-0.25, -0.2) is 0 Å². The van der Waals surface area contributed by atoms with Crippen molar-refractivity contribution in [2.75, 3.05) is 0 Å². The lowest BCUT2D eigenvalue weighted by Gasteiger charge is -2.16. The van der Waals surface area contributed by atoms with Crippen molar-refractivity contribution >= 4 is 5.91 Å². The van der Waals surface area contributed by atoms with Gasteiger partial charge in [0, 0.05) is 5.56 Å². The maximum atomic E-state index is 12.4. The van der Waals surface area contributed by atoms with E-state index in [1.807, 2.05) is 45.9 Å². The van der Waals surface area contributed by atoms with E-state index in [0.29, 0.717) is 11.3 Å². The van der Waals surface area contributed by atoms with Crippen LogP contribution in [-0.2, 0) is 0 Å². The topological polar surface area (TPSA) is 42.2 Å². The predicted octanol–water partition coefficient (Wildman–Crippen LogP) is 4.00. The second-order valence-electron chi connectivity index (χ2n) is 5.27. The van der Waals surface area contributed by atoms with Crippen LogP contribution in [0.4, 0.5) is 0 Å². The van der Waals surface area contributed by atoms with Gasteiger partial charge in [0.1, 0.15) is 11.5 Å². The molecule has 1 atom stereocenters. The van der Waals surface area contributed by atoms with Crippen molar-refractivity contribution in [3.8, 4) is 0 Å². The molecule has 1 heterocycles. The number of furan rings is 1. The highest BCUT2D eigenvalue weighted by Gasteiger charge is 2.20. The van der Waals surface area contributed by atoms with Crippen molar-refractivity contribution in [2.24, 2.45) is 0 Å². The van der Waals surface area contributed by atoms with Crippen LogP contribution in [0.1, 0.15) is 51.5 Å². The highest BCUT2D eigenvalue weighted by molar-refractivity contribution is 5.97. The van der Waals surface area contributed by atoms with Gasteiger partial charge in [0.05, 0.1) is 11.6 Å². The van der Waals surface area contributed by atoms with Crippen LogP contribution < -0.4 is 5.32 Å². The van der Waals surface area contributed by atoms with Crippen molar-refractivity contribution in [3.63, 3.8) is 0 Å². The summed E-state index contributed by atoms with van der Waals surface area (Å²) in [7, 11) is 0. The fraction of sp³-hybridized carbons (Fsp3) is 0.353. The molecule has 0 radical (unpaired) electrons.